The molecule has 1 rings (SSSR count). The van der Waals surface area contributed by atoms with Crippen molar-refractivity contribution >= 4 is 0 Å². The molecule has 10 heavy (non-hydrogen) atoms. The van der Waals surface area contributed by atoms with Crippen LogP contribution >= 0.6 is 0 Å². The summed E-state index contributed by atoms with van der Waals surface area (Å²) in [6, 6.07) is 0. The Kier molecular flexibility index (Phi) is 2.02. The van der Waals surface area contributed by atoms with Crippen LogP contribution in [0.25, 0.3) is 0 Å². The van der Waals surface area contributed by atoms with Gasteiger partial charge in [-0.05, 0) is 24.7 Å². The molecule has 0 saturated heterocycles. The first kappa shape index (κ1) is 7.64. The van der Waals surface area contributed by atoms with E-state index in [1.54, 1.807) is 0 Å². The quantitative estimate of drug-likeness (QED) is 0.591. The van der Waals surface area contributed by atoms with Gasteiger partial charge in [-0.15, -0.1) is 0 Å². The van der Waals surface area contributed by atoms with Gasteiger partial charge in [0, 0.05) is 11.6 Å². The first-order chi connectivity index (χ1) is 4.61. The SMILES string of the molecule is C=C(N)C1CC(C)CC1C. The summed E-state index contributed by atoms with van der Waals surface area (Å²) in [4.78, 5) is 0. The molecular formula is C9H17N. The summed E-state index contributed by atoms with van der Waals surface area (Å²) in [6.07, 6.45) is 2.57. The molecule has 0 heterocycles. The average Bonchev–Trinajstić information content (AvgIpc) is 2.10. The van der Waals surface area contributed by atoms with E-state index >= 15 is 0 Å². The van der Waals surface area contributed by atoms with Crippen molar-refractivity contribution in [3.05, 3.63) is 12.3 Å². The fourth-order valence-corrected chi connectivity index (χ4v) is 2.08. The van der Waals surface area contributed by atoms with Crippen LogP contribution in [-0.4, -0.2) is 0 Å². The van der Waals surface area contributed by atoms with E-state index in [0.717, 1.165) is 17.5 Å². The summed E-state index contributed by atoms with van der Waals surface area (Å²) < 4.78 is 0. The van der Waals surface area contributed by atoms with Gasteiger partial charge >= 0.3 is 0 Å². The molecule has 1 heteroatoms. The molecule has 2 N–H and O–H groups in total. The van der Waals surface area contributed by atoms with Gasteiger partial charge < -0.3 is 5.73 Å². The van der Waals surface area contributed by atoms with Gasteiger partial charge in [-0.3, -0.25) is 0 Å². The molecule has 0 aromatic carbocycles. The Morgan fingerprint density at radius 3 is 2.20 bits per heavy atom. The zero-order chi connectivity index (χ0) is 7.72. The number of hydrogen-bond acceptors (Lipinski definition) is 1. The second-order valence-electron chi connectivity index (χ2n) is 3.74. The molecule has 0 spiro atoms. The van der Waals surface area contributed by atoms with E-state index in [0.29, 0.717) is 5.92 Å². The van der Waals surface area contributed by atoms with Crippen molar-refractivity contribution < 1.29 is 0 Å². The zero-order valence-corrected chi connectivity index (χ0v) is 6.93. The Labute approximate surface area is 63.3 Å². The van der Waals surface area contributed by atoms with Crippen molar-refractivity contribution in [2.24, 2.45) is 23.5 Å². The van der Waals surface area contributed by atoms with E-state index in [2.05, 4.69) is 20.4 Å². The molecule has 0 radical (unpaired) electrons. The van der Waals surface area contributed by atoms with Gasteiger partial charge in [-0.1, -0.05) is 20.4 Å². The van der Waals surface area contributed by atoms with Crippen LogP contribution in [-0.2, 0) is 0 Å². The highest BCUT2D eigenvalue weighted by Crippen LogP contribution is 2.37. The fraction of sp³-hybridized carbons (Fsp3) is 0.778. The highest BCUT2D eigenvalue weighted by molar-refractivity contribution is 5.00. The van der Waals surface area contributed by atoms with Crippen molar-refractivity contribution in [3.63, 3.8) is 0 Å². The fourth-order valence-electron chi connectivity index (χ4n) is 2.08. The number of rotatable bonds is 1. The minimum atomic E-state index is 0.593. The molecule has 1 fully saturated rings. The lowest BCUT2D eigenvalue weighted by Gasteiger charge is -2.13. The Hall–Kier alpha value is -0.460. The lowest BCUT2D eigenvalue weighted by atomic mass is 9.96. The minimum Gasteiger partial charge on any atom is -0.402 e. The number of hydrogen-bond donors (Lipinski definition) is 1. The molecule has 0 aromatic rings. The van der Waals surface area contributed by atoms with Crippen molar-refractivity contribution in [2.45, 2.75) is 26.7 Å². The molecule has 3 atom stereocenters. The summed E-state index contributed by atoms with van der Waals surface area (Å²) in [7, 11) is 0. The van der Waals surface area contributed by atoms with Crippen molar-refractivity contribution in [3.8, 4) is 0 Å². The van der Waals surface area contributed by atoms with Gasteiger partial charge in [0.15, 0.2) is 0 Å². The third-order valence-corrected chi connectivity index (χ3v) is 2.59. The van der Waals surface area contributed by atoms with Crippen LogP contribution in [0.5, 0.6) is 0 Å². The van der Waals surface area contributed by atoms with E-state index in [1.165, 1.54) is 12.8 Å². The number of nitrogens with two attached hydrogens (primary N) is 1. The number of allylic oxidation sites excluding steroid dienone is 1. The molecule has 0 aliphatic heterocycles. The van der Waals surface area contributed by atoms with Crippen molar-refractivity contribution in [1.82, 2.24) is 0 Å². The largest absolute Gasteiger partial charge is 0.402 e. The molecule has 3 unspecified atom stereocenters. The highest BCUT2D eigenvalue weighted by Gasteiger charge is 2.29. The third kappa shape index (κ3) is 1.34. The maximum absolute atomic E-state index is 5.66. The topological polar surface area (TPSA) is 26.0 Å². The second-order valence-corrected chi connectivity index (χ2v) is 3.74. The van der Waals surface area contributed by atoms with Crippen molar-refractivity contribution in [2.75, 3.05) is 0 Å². The van der Waals surface area contributed by atoms with Gasteiger partial charge in [0.25, 0.3) is 0 Å². The predicted octanol–water partition coefficient (Wildman–Crippen LogP) is 2.14. The standard InChI is InChI=1S/C9H17N/c1-6-4-7(2)9(5-6)8(3)10/h6-7,9H,3-5,10H2,1-2H3. The van der Waals surface area contributed by atoms with Crippen molar-refractivity contribution in [1.29, 1.82) is 0 Å². The second kappa shape index (κ2) is 2.65. The van der Waals surface area contributed by atoms with Gasteiger partial charge in [-0.2, -0.15) is 0 Å². The zero-order valence-electron chi connectivity index (χ0n) is 6.93. The molecule has 1 aliphatic carbocycles. The molecule has 1 saturated carbocycles. The van der Waals surface area contributed by atoms with Gasteiger partial charge in [0.1, 0.15) is 0 Å². The summed E-state index contributed by atoms with van der Waals surface area (Å²) in [5, 5.41) is 0. The van der Waals surface area contributed by atoms with Crippen LogP contribution in [0.1, 0.15) is 26.7 Å². The third-order valence-electron chi connectivity index (χ3n) is 2.59. The van der Waals surface area contributed by atoms with Gasteiger partial charge in [-0.25, -0.2) is 0 Å². The molecule has 0 bridgehead atoms. The van der Waals surface area contributed by atoms with E-state index in [-0.39, 0.29) is 0 Å². The van der Waals surface area contributed by atoms with E-state index in [9.17, 15) is 0 Å². The van der Waals surface area contributed by atoms with Gasteiger partial charge in [0.2, 0.25) is 0 Å². The van der Waals surface area contributed by atoms with Crippen LogP contribution in [0.4, 0.5) is 0 Å². The van der Waals surface area contributed by atoms with Crippen LogP contribution < -0.4 is 5.73 Å². The van der Waals surface area contributed by atoms with Crippen LogP contribution in [0.2, 0.25) is 0 Å². The predicted molar refractivity (Wildman–Crippen MR) is 44.4 cm³/mol. The lowest BCUT2D eigenvalue weighted by molar-refractivity contribution is 0.477. The normalized spacial score (nSPS) is 40.0. The van der Waals surface area contributed by atoms with E-state index in [4.69, 9.17) is 5.73 Å². The Morgan fingerprint density at radius 1 is 1.40 bits per heavy atom. The Bertz CT molecular complexity index is 140. The summed E-state index contributed by atoms with van der Waals surface area (Å²) in [5.74, 6) is 2.20. The maximum Gasteiger partial charge on any atom is 0.00418 e. The molecule has 0 aromatic heterocycles. The Balaban J connectivity index is 2.54. The van der Waals surface area contributed by atoms with E-state index in [1.807, 2.05) is 0 Å². The first-order valence-corrected chi connectivity index (χ1v) is 4.05. The monoisotopic (exact) mass is 139 g/mol. The first-order valence-electron chi connectivity index (χ1n) is 4.05. The van der Waals surface area contributed by atoms with Crippen LogP contribution in [0, 0.1) is 17.8 Å². The molecule has 58 valence electrons. The van der Waals surface area contributed by atoms with Crippen LogP contribution in [0.15, 0.2) is 12.3 Å². The smallest absolute Gasteiger partial charge is 0.00418 e. The molecule has 1 aliphatic rings. The summed E-state index contributed by atoms with van der Waals surface area (Å²) >= 11 is 0. The lowest BCUT2D eigenvalue weighted by Crippen LogP contribution is -2.12. The average molecular weight is 139 g/mol. The molecule has 0 amide bonds. The summed E-state index contributed by atoms with van der Waals surface area (Å²) in [6.45, 7) is 8.36. The van der Waals surface area contributed by atoms with Crippen LogP contribution in [0.3, 0.4) is 0 Å². The van der Waals surface area contributed by atoms with E-state index < -0.39 is 0 Å². The van der Waals surface area contributed by atoms with Gasteiger partial charge in [0.05, 0.1) is 0 Å². The summed E-state index contributed by atoms with van der Waals surface area (Å²) in [5.41, 5.74) is 6.54. The maximum atomic E-state index is 5.66. The Morgan fingerprint density at radius 2 is 2.00 bits per heavy atom. The minimum absolute atomic E-state index is 0.593. The molecule has 1 nitrogen and oxygen atoms in total. The molecular weight excluding hydrogens is 122 g/mol. The highest BCUT2D eigenvalue weighted by atomic mass is 14.6.